The Bertz CT molecular complexity index is 1080. The molecule has 0 saturated heterocycles. The van der Waals surface area contributed by atoms with Crippen LogP contribution in [-0.2, 0) is 19.1 Å². The monoisotopic (exact) mass is 903 g/mol. The number of hydrogen-bond donors (Lipinski definition) is 3. The highest BCUT2D eigenvalue weighted by Gasteiger charge is 2.27. The van der Waals surface area contributed by atoms with Crippen LogP contribution in [-0.4, -0.2) is 30.3 Å². The van der Waals surface area contributed by atoms with Crippen molar-refractivity contribution in [2.75, 3.05) is 22.6 Å². The SMILES string of the molecule is CC(=O)Nc1c(I)c(NC(C)=O)c(I)c(C(=O)OCC(=O)Nc2ccc(Br)cc2Br)c1I. The fraction of sp³-hybridized carbons (Fsp3) is 0.158. The number of ether oxygens (including phenoxy) is 1. The van der Waals surface area contributed by atoms with E-state index in [1.807, 2.05) is 67.8 Å². The lowest BCUT2D eigenvalue weighted by atomic mass is 10.1. The summed E-state index contributed by atoms with van der Waals surface area (Å²) in [6.45, 7) is 2.15. The van der Waals surface area contributed by atoms with E-state index < -0.39 is 18.5 Å². The molecule has 0 aromatic heterocycles. The molecule has 0 atom stereocenters. The Morgan fingerprint density at radius 3 is 1.88 bits per heavy atom. The molecule has 3 N–H and O–H groups in total. The molecule has 8 nitrogen and oxygen atoms in total. The fourth-order valence-electron chi connectivity index (χ4n) is 2.40. The quantitative estimate of drug-likeness (QED) is 0.253. The highest BCUT2D eigenvalue weighted by atomic mass is 127. The van der Waals surface area contributed by atoms with Gasteiger partial charge in [-0.3, -0.25) is 14.4 Å². The van der Waals surface area contributed by atoms with Crippen molar-refractivity contribution in [2.45, 2.75) is 13.8 Å². The zero-order valence-electron chi connectivity index (χ0n) is 16.4. The first kappa shape index (κ1) is 27.7. The first-order valence-corrected chi connectivity index (χ1v) is 13.4. The zero-order valence-corrected chi connectivity index (χ0v) is 26.0. The molecule has 0 saturated carbocycles. The Hall–Kier alpha value is -0.530. The predicted octanol–water partition coefficient (Wildman–Crippen LogP) is 5.74. The van der Waals surface area contributed by atoms with Gasteiger partial charge in [0, 0.05) is 22.8 Å². The lowest BCUT2D eigenvalue weighted by Crippen LogP contribution is -2.23. The molecule has 0 aliphatic rings. The summed E-state index contributed by atoms with van der Waals surface area (Å²) >= 11 is 12.5. The standard InChI is InChI=1S/C19H14Br2I3N3O5/c1-7(28)25-17-14(22)13(15(23)18(16(17)24)26-8(2)29)19(31)32-6-12(30)27-11-4-3-9(20)5-10(11)21/h3-5H,6H2,1-2H3,(H,25,28)(H,26,29)(H,27,30). The van der Waals surface area contributed by atoms with E-state index >= 15 is 0 Å². The number of hydrogen-bond acceptors (Lipinski definition) is 5. The van der Waals surface area contributed by atoms with Crippen LogP contribution in [0.25, 0.3) is 0 Å². The van der Waals surface area contributed by atoms with Crippen LogP contribution in [0.4, 0.5) is 17.1 Å². The number of halogens is 5. The number of anilines is 3. The van der Waals surface area contributed by atoms with E-state index in [1.54, 1.807) is 18.2 Å². The molecule has 2 rings (SSSR count). The number of esters is 1. The van der Waals surface area contributed by atoms with Crippen LogP contribution in [0.1, 0.15) is 24.2 Å². The fourth-order valence-corrected chi connectivity index (χ4v) is 7.69. The van der Waals surface area contributed by atoms with Crippen LogP contribution < -0.4 is 16.0 Å². The van der Waals surface area contributed by atoms with E-state index in [9.17, 15) is 19.2 Å². The summed E-state index contributed by atoms with van der Waals surface area (Å²) in [5.41, 5.74) is 1.40. The molecule has 0 spiro atoms. The lowest BCUT2D eigenvalue weighted by Gasteiger charge is -2.19. The number of nitrogens with one attached hydrogen (secondary N) is 3. The summed E-state index contributed by atoms with van der Waals surface area (Å²) in [5, 5.41) is 8.02. The third-order valence-electron chi connectivity index (χ3n) is 3.66. The van der Waals surface area contributed by atoms with Crippen LogP contribution >= 0.6 is 99.6 Å². The minimum absolute atomic E-state index is 0.136. The van der Waals surface area contributed by atoms with Crippen molar-refractivity contribution in [1.82, 2.24) is 0 Å². The van der Waals surface area contributed by atoms with Crippen molar-refractivity contribution >= 4 is 140 Å². The molecular weight excluding hydrogens is 891 g/mol. The van der Waals surface area contributed by atoms with Gasteiger partial charge in [0.05, 0.1) is 33.3 Å². The second-order valence-electron chi connectivity index (χ2n) is 6.18. The largest absolute Gasteiger partial charge is 0.452 e. The van der Waals surface area contributed by atoms with Crippen molar-refractivity contribution in [3.8, 4) is 0 Å². The Labute approximate surface area is 241 Å². The van der Waals surface area contributed by atoms with Gasteiger partial charge in [0.2, 0.25) is 11.8 Å². The molecule has 0 fully saturated rings. The molecular formula is C19H14Br2I3N3O5. The second kappa shape index (κ2) is 12.3. The summed E-state index contributed by atoms with van der Waals surface area (Å²) in [6.07, 6.45) is 0. The number of carbonyl (C=O) groups is 4. The average molecular weight is 905 g/mol. The number of carbonyl (C=O) groups excluding carboxylic acids is 4. The third kappa shape index (κ3) is 7.23. The molecule has 0 heterocycles. The maximum absolute atomic E-state index is 12.9. The summed E-state index contributed by atoms with van der Waals surface area (Å²) in [5.74, 6) is -1.97. The van der Waals surface area contributed by atoms with Gasteiger partial charge in [-0.2, -0.15) is 0 Å². The Morgan fingerprint density at radius 1 is 0.875 bits per heavy atom. The first-order chi connectivity index (χ1) is 14.9. The molecule has 0 aliphatic heterocycles. The minimum Gasteiger partial charge on any atom is -0.452 e. The maximum Gasteiger partial charge on any atom is 0.340 e. The normalized spacial score (nSPS) is 10.3. The van der Waals surface area contributed by atoms with E-state index in [2.05, 4.69) is 47.8 Å². The van der Waals surface area contributed by atoms with Crippen molar-refractivity contribution in [3.63, 3.8) is 0 Å². The molecule has 0 unspecified atom stereocenters. The molecule has 170 valence electrons. The van der Waals surface area contributed by atoms with Crippen LogP contribution in [0.5, 0.6) is 0 Å². The maximum atomic E-state index is 12.9. The van der Waals surface area contributed by atoms with Crippen LogP contribution in [0, 0.1) is 10.7 Å². The van der Waals surface area contributed by atoms with Crippen molar-refractivity contribution < 1.29 is 23.9 Å². The first-order valence-electron chi connectivity index (χ1n) is 8.60. The third-order valence-corrected chi connectivity index (χ3v) is 8.05. The molecule has 0 aliphatic carbocycles. The van der Waals surface area contributed by atoms with Gasteiger partial charge in [0.1, 0.15) is 0 Å². The van der Waals surface area contributed by atoms with Gasteiger partial charge in [-0.25, -0.2) is 4.79 Å². The molecule has 0 radical (unpaired) electrons. The summed E-state index contributed by atoms with van der Waals surface area (Å²) in [7, 11) is 0. The second-order valence-corrected chi connectivity index (χ2v) is 11.2. The van der Waals surface area contributed by atoms with Crippen LogP contribution in [0.15, 0.2) is 27.1 Å². The Kier molecular flexibility index (Phi) is 10.6. The van der Waals surface area contributed by atoms with E-state index in [-0.39, 0.29) is 17.4 Å². The van der Waals surface area contributed by atoms with E-state index in [0.717, 1.165) is 4.47 Å². The van der Waals surface area contributed by atoms with Crippen molar-refractivity contribution in [1.29, 1.82) is 0 Å². The van der Waals surface area contributed by atoms with Crippen LogP contribution in [0.2, 0.25) is 0 Å². The van der Waals surface area contributed by atoms with Gasteiger partial charge in [-0.05, 0) is 102 Å². The minimum atomic E-state index is -0.765. The van der Waals surface area contributed by atoms with E-state index in [0.29, 0.717) is 32.2 Å². The van der Waals surface area contributed by atoms with Gasteiger partial charge in [0.25, 0.3) is 5.91 Å². The highest BCUT2D eigenvalue weighted by molar-refractivity contribution is 14.1. The number of benzene rings is 2. The topological polar surface area (TPSA) is 114 Å². The smallest absolute Gasteiger partial charge is 0.340 e. The van der Waals surface area contributed by atoms with Crippen molar-refractivity contribution in [2.24, 2.45) is 0 Å². The molecule has 2 aromatic rings. The summed E-state index contributed by atoms with van der Waals surface area (Å²) < 4.78 is 8.16. The Morgan fingerprint density at radius 2 is 1.41 bits per heavy atom. The summed E-state index contributed by atoms with van der Waals surface area (Å²) in [4.78, 5) is 48.5. The molecule has 0 bridgehead atoms. The number of amides is 3. The zero-order chi connectivity index (χ0) is 24.2. The van der Waals surface area contributed by atoms with E-state index in [1.165, 1.54) is 13.8 Å². The molecule has 2 aromatic carbocycles. The molecule has 13 heteroatoms. The Balaban J connectivity index is 2.30. The van der Waals surface area contributed by atoms with Crippen molar-refractivity contribution in [3.05, 3.63) is 43.4 Å². The van der Waals surface area contributed by atoms with Gasteiger partial charge in [-0.15, -0.1) is 0 Å². The molecule has 32 heavy (non-hydrogen) atoms. The van der Waals surface area contributed by atoms with Gasteiger partial charge in [-0.1, -0.05) is 15.9 Å². The lowest BCUT2D eigenvalue weighted by molar-refractivity contribution is -0.119. The molecule has 3 amide bonds. The number of rotatable bonds is 6. The van der Waals surface area contributed by atoms with Crippen LogP contribution in [0.3, 0.4) is 0 Å². The van der Waals surface area contributed by atoms with Gasteiger partial charge >= 0.3 is 5.97 Å². The average Bonchev–Trinajstić information content (AvgIpc) is 2.69. The highest BCUT2D eigenvalue weighted by Crippen LogP contribution is 2.39. The van der Waals surface area contributed by atoms with Gasteiger partial charge < -0.3 is 20.7 Å². The predicted molar refractivity (Wildman–Crippen MR) is 154 cm³/mol. The van der Waals surface area contributed by atoms with E-state index in [4.69, 9.17) is 4.74 Å². The van der Waals surface area contributed by atoms with Gasteiger partial charge in [0.15, 0.2) is 6.61 Å². The summed E-state index contributed by atoms with van der Waals surface area (Å²) in [6, 6.07) is 5.22.